The van der Waals surface area contributed by atoms with E-state index in [-0.39, 0.29) is 5.91 Å². The summed E-state index contributed by atoms with van der Waals surface area (Å²) in [7, 11) is 1.62. The number of amides is 1. The van der Waals surface area contributed by atoms with Crippen molar-refractivity contribution in [3.05, 3.63) is 29.8 Å². The van der Waals surface area contributed by atoms with Gasteiger partial charge in [0.15, 0.2) is 0 Å². The molecule has 0 unspecified atom stereocenters. The molecule has 0 aromatic heterocycles. The van der Waals surface area contributed by atoms with Crippen molar-refractivity contribution in [1.82, 2.24) is 0 Å². The molecule has 0 aliphatic rings. The first kappa shape index (κ1) is 11.6. The van der Waals surface area contributed by atoms with Crippen LogP contribution in [-0.4, -0.2) is 13.0 Å². The number of benzene rings is 1. The third kappa shape index (κ3) is 2.72. The maximum Gasteiger partial charge on any atom is 0.223 e. The number of hydrogen-bond acceptors (Lipinski definition) is 2. The average Bonchev–Trinajstić information content (AvgIpc) is 2.18. The van der Waals surface area contributed by atoms with Gasteiger partial charge in [-0.25, -0.2) is 0 Å². The van der Waals surface area contributed by atoms with Gasteiger partial charge in [0.25, 0.3) is 0 Å². The molecule has 82 valence electrons. The molecule has 15 heavy (non-hydrogen) atoms. The third-order valence-corrected chi connectivity index (χ3v) is 2.49. The highest BCUT2D eigenvalue weighted by molar-refractivity contribution is 5.80. The first-order valence-electron chi connectivity index (χ1n) is 4.89. The molecular formula is C12H17NO2. The van der Waals surface area contributed by atoms with E-state index < -0.39 is 5.41 Å². The molecule has 0 fully saturated rings. The van der Waals surface area contributed by atoms with Crippen molar-refractivity contribution < 1.29 is 9.53 Å². The maximum atomic E-state index is 11.2. The van der Waals surface area contributed by atoms with Gasteiger partial charge in [-0.2, -0.15) is 0 Å². The van der Waals surface area contributed by atoms with Gasteiger partial charge in [0, 0.05) is 5.41 Å². The van der Waals surface area contributed by atoms with E-state index in [9.17, 15) is 4.79 Å². The molecule has 0 aliphatic carbocycles. The fourth-order valence-electron chi connectivity index (χ4n) is 1.41. The number of carbonyl (C=O) groups is 1. The van der Waals surface area contributed by atoms with Crippen molar-refractivity contribution in [1.29, 1.82) is 0 Å². The first-order valence-corrected chi connectivity index (χ1v) is 4.89. The lowest BCUT2D eigenvalue weighted by Crippen LogP contribution is -2.33. The van der Waals surface area contributed by atoms with Gasteiger partial charge in [-0.15, -0.1) is 0 Å². The molecule has 2 N–H and O–H groups in total. The Morgan fingerprint density at radius 3 is 2.53 bits per heavy atom. The largest absolute Gasteiger partial charge is 0.496 e. The Kier molecular flexibility index (Phi) is 3.35. The Hall–Kier alpha value is -1.51. The van der Waals surface area contributed by atoms with Crippen molar-refractivity contribution in [2.45, 2.75) is 20.3 Å². The molecular weight excluding hydrogens is 190 g/mol. The summed E-state index contributed by atoms with van der Waals surface area (Å²) in [5.74, 6) is 0.500. The predicted octanol–water partition coefficient (Wildman–Crippen LogP) is 1.75. The molecule has 3 nitrogen and oxygen atoms in total. The third-order valence-electron chi connectivity index (χ3n) is 2.49. The van der Waals surface area contributed by atoms with Crippen LogP contribution in [0.1, 0.15) is 19.4 Å². The van der Waals surface area contributed by atoms with Crippen LogP contribution in [0.25, 0.3) is 0 Å². The minimum atomic E-state index is -0.547. The standard InChI is InChI=1S/C12H17NO2/c1-12(2,11(13)14)8-9-6-4-5-7-10(9)15-3/h4-7H,8H2,1-3H3,(H2,13,14). The number of para-hydroxylation sites is 1. The van der Waals surface area contributed by atoms with E-state index in [1.165, 1.54) is 0 Å². The second-order valence-electron chi connectivity index (χ2n) is 4.24. The fourth-order valence-corrected chi connectivity index (χ4v) is 1.41. The van der Waals surface area contributed by atoms with E-state index in [0.717, 1.165) is 11.3 Å². The van der Waals surface area contributed by atoms with Crippen LogP contribution in [-0.2, 0) is 11.2 Å². The summed E-state index contributed by atoms with van der Waals surface area (Å²) in [6.07, 6.45) is 0.590. The highest BCUT2D eigenvalue weighted by Crippen LogP contribution is 2.27. The number of ether oxygens (including phenoxy) is 1. The molecule has 1 aromatic carbocycles. The van der Waals surface area contributed by atoms with Crippen LogP contribution >= 0.6 is 0 Å². The van der Waals surface area contributed by atoms with Gasteiger partial charge < -0.3 is 10.5 Å². The van der Waals surface area contributed by atoms with Crippen molar-refractivity contribution in [3.63, 3.8) is 0 Å². The van der Waals surface area contributed by atoms with Crippen molar-refractivity contribution >= 4 is 5.91 Å². The van der Waals surface area contributed by atoms with E-state index in [1.54, 1.807) is 7.11 Å². The second-order valence-corrected chi connectivity index (χ2v) is 4.24. The number of nitrogens with two attached hydrogens (primary N) is 1. The average molecular weight is 207 g/mol. The first-order chi connectivity index (χ1) is 6.97. The SMILES string of the molecule is COc1ccccc1CC(C)(C)C(N)=O. The molecule has 0 saturated carbocycles. The summed E-state index contributed by atoms with van der Waals surface area (Å²) in [4.78, 5) is 11.2. The Morgan fingerprint density at radius 1 is 1.40 bits per heavy atom. The molecule has 0 heterocycles. The van der Waals surface area contributed by atoms with Gasteiger partial charge in [0.2, 0.25) is 5.91 Å². The van der Waals surface area contributed by atoms with Crippen LogP contribution < -0.4 is 10.5 Å². The highest BCUT2D eigenvalue weighted by atomic mass is 16.5. The van der Waals surface area contributed by atoms with E-state index >= 15 is 0 Å². The number of methoxy groups -OCH3 is 1. The van der Waals surface area contributed by atoms with Gasteiger partial charge in [-0.3, -0.25) is 4.79 Å². The van der Waals surface area contributed by atoms with Crippen LogP contribution in [0.3, 0.4) is 0 Å². The van der Waals surface area contributed by atoms with E-state index in [0.29, 0.717) is 6.42 Å². The van der Waals surface area contributed by atoms with Crippen LogP contribution in [0.15, 0.2) is 24.3 Å². The van der Waals surface area contributed by atoms with Gasteiger partial charge in [-0.1, -0.05) is 32.0 Å². The maximum absolute atomic E-state index is 11.2. The Balaban J connectivity index is 2.94. The molecule has 0 atom stereocenters. The smallest absolute Gasteiger partial charge is 0.223 e. The summed E-state index contributed by atoms with van der Waals surface area (Å²) < 4.78 is 5.22. The minimum absolute atomic E-state index is 0.298. The summed E-state index contributed by atoms with van der Waals surface area (Å²) in [6, 6.07) is 7.66. The molecule has 0 spiro atoms. The zero-order valence-corrected chi connectivity index (χ0v) is 9.41. The van der Waals surface area contributed by atoms with Gasteiger partial charge in [0.05, 0.1) is 7.11 Å². The van der Waals surface area contributed by atoms with Gasteiger partial charge in [-0.05, 0) is 18.1 Å². The fraction of sp³-hybridized carbons (Fsp3) is 0.417. The Bertz CT molecular complexity index is 358. The zero-order chi connectivity index (χ0) is 11.5. The molecule has 0 aliphatic heterocycles. The summed E-state index contributed by atoms with van der Waals surface area (Å²) in [5.41, 5.74) is 5.79. The van der Waals surface area contributed by atoms with Crippen molar-refractivity contribution in [3.8, 4) is 5.75 Å². The van der Waals surface area contributed by atoms with Crippen LogP contribution in [0.5, 0.6) is 5.75 Å². The van der Waals surface area contributed by atoms with E-state index in [2.05, 4.69) is 0 Å². The lowest BCUT2D eigenvalue weighted by atomic mass is 9.85. The van der Waals surface area contributed by atoms with Crippen molar-refractivity contribution in [2.75, 3.05) is 7.11 Å². The number of primary amides is 1. The molecule has 3 heteroatoms. The Labute approximate surface area is 90.2 Å². The molecule has 0 bridgehead atoms. The normalized spacial score (nSPS) is 11.1. The number of carbonyl (C=O) groups excluding carboxylic acids is 1. The van der Waals surface area contributed by atoms with Crippen molar-refractivity contribution in [2.24, 2.45) is 11.1 Å². The molecule has 0 saturated heterocycles. The number of hydrogen-bond donors (Lipinski definition) is 1. The molecule has 1 amide bonds. The monoisotopic (exact) mass is 207 g/mol. The number of rotatable bonds is 4. The summed E-state index contributed by atoms with van der Waals surface area (Å²) in [6.45, 7) is 3.67. The molecule has 1 rings (SSSR count). The summed E-state index contributed by atoms with van der Waals surface area (Å²) >= 11 is 0. The van der Waals surface area contributed by atoms with E-state index in [4.69, 9.17) is 10.5 Å². The Morgan fingerprint density at radius 2 is 2.00 bits per heavy atom. The highest BCUT2D eigenvalue weighted by Gasteiger charge is 2.26. The predicted molar refractivity (Wildman–Crippen MR) is 59.7 cm³/mol. The van der Waals surface area contributed by atoms with Crippen LogP contribution in [0, 0.1) is 5.41 Å². The topological polar surface area (TPSA) is 52.3 Å². The minimum Gasteiger partial charge on any atom is -0.496 e. The lowest BCUT2D eigenvalue weighted by Gasteiger charge is -2.21. The zero-order valence-electron chi connectivity index (χ0n) is 9.41. The van der Waals surface area contributed by atoms with Crippen LogP contribution in [0.2, 0.25) is 0 Å². The lowest BCUT2D eigenvalue weighted by molar-refractivity contribution is -0.125. The molecule has 1 aromatic rings. The quantitative estimate of drug-likeness (QED) is 0.817. The summed E-state index contributed by atoms with van der Waals surface area (Å²) in [5, 5.41) is 0. The van der Waals surface area contributed by atoms with Gasteiger partial charge in [0.1, 0.15) is 5.75 Å². The second kappa shape index (κ2) is 4.34. The molecule has 0 radical (unpaired) electrons. The van der Waals surface area contributed by atoms with E-state index in [1.807, 2.05) is 38.1 Å². The van der Waals surface area contributed by atoms with Gasteiger partial charge >= 0.3 is 0 Å². The van der Waals surface area contributed by atoms with Crippen LogP contribution in [0.4, 0.5) is 0 Å².